The molecule has 16 heteroatoms. The molecule has 1 aromatic carbocycles. The van der Waals surface area contributed by atoms with Crippen LogP contribution in [-0.2, 0) is 34.5 Å². The predicted molar refractivity (Wildman–Crippen MR) is 245 cm³/mol. The Morgan fingerprint density at radius 3 is 1.31 bits per heavy atom. The van der Waals surface area contributed by atoms with E-state index in [2.05, 4.69) is 48.5 Å². The fourth-order valence-corrected chi connectivity index (χ4v) is 7.66. The van der Waals surface area contributed by atoms with Gasteiger partial charge >= 0.3 is 23.2 Å². The van der Waals surface area contributed by atoms with E-state index in [4.69, 9.17) is 53.0 Å². The van der Waals surface area contributed by atoms with Gasteiger partial charge in [-0.3, -0.25) is 0 Å². The second kappa shape index (κ2) is 28.3. The molecule has 2 aliphatic rings. The van der Waals surface area contributed by atoms with E-state index >= 15 is 0 Å². The van der Waals surface area contributed by atoms with Gasteiger partial charge in [-0.15, -0.1) is 0 Å². The summed E-state index contributed by atoms with van der Waals surface area (Å²) in [6.45, 7) is 24.1. The first-order valence-electron chi connectivity index (χ1n) is 22.6. The monoisotopic (exact) mass is 925 g/mol. The molecule has 0 aromatic heterocycles. The van der Waals surface area contributed by atoms with Crippen LogP contribution in [0, 0.1) is 16.2 Å². The van der Waals surface area contributed by atoms with Crippen LogP contribution in [0.5, 0.6) is 0 Å². The molecule has 1 spiro atoms. The summed E-state index contributed by atoms with van der Waals surface area (Å²) >= 11 is 0. The zero-order valence-electron chi connectivity index (χ0n) is 40.0. The topological polar surface area (TPSA) is 225 Å². The molecule has 8 N–H and O–H groups in total. The predicted octanol–water partition coefficient (Wildman–Crippen LogP) is 9.11. The van der Waals surface area contributed by atoms with E-state index in [9.17, 15) is 15.0 Å². The molecule has 2 saturated heterocycles. The van der Waals surface area contributed by atoms with Gasteiger partial charge in [-0.25, -0.2) is 4.79 Å². The average molecular weight is 925 g/mol. The quantitative estimate of drug-likeness (QED) is 0.0327. The second-order valence-corrected chi connectivity index (χ2v) is 21.6. The Morgan fingerprint density at radius 2 is 0.952 bits per heavy atom. The zero-order chi connectivity index (χ0) is 47.4. The Morgan fingerprint density at radius 1 is 0.613 bits per heavy atom. The highest BCUT2D eigenvalue weighted by Crippen LogP contribution is 2.53. The summed E-state index contributed by atoms with van der Waals surface area (Å²) in [5.74, 6) is -0.299. The molecular formula is C46H86O14P2. The lowest BCUT2D eigenvalue weighted by Gasteiger charge is -2.53. The molecule has 62 heavy (non-hydrogen) atoms. The second-order valence-electron chi connectivity index (χ2n) is 20.5. The first kappa shape index (κ1) is 59.1. The van der Waals surface area contributed by atoms with Crippen molar-refractivity contribution in [1.29, 1.82) is 0 Å². The Kier molecular flexibility index (Phi) is 27.0. The van der Waals surface area contributed by atoms with E-state index in [0.29, 0.717) is 32.0 Å². The standard InChI is InChI=1S/C46H80O8.2H3O3P/c1-12-13-14-15-16-17-18-19-20-21-22-23-24-25-26-50-39(49)34-27-35(42(2,3)4)37(36(28-34)43(5,6)7)38-46(33-53-41(54-38)45(10,11)30-48)31-51-40(52-32-46)44(8,9)29-47;2*1-4(2)3/h27-28,38,40-41,47-48H,12-26,29-33H2,1-11H3;2*1-3H. The third-order valence-corrected chi connectivity index (χ3v) is 11.5. The number of hydrogen-bond acceptors (Lipinski definition) is 14. The van der Waals surface area contributed by atoms with Gasteiger partial charge in [0.2, 0.25) is 0 Å². The molecule has 2 aliphatic heterocycles. The molecule has 0 aliphatic carbocycles. The molecular weight excluding hydrogens is 838 g/mol. The first-order chi connectivity index (χ1) is 28.8. The van der Waals surface area contributed by atoms with Crippen molar-refractivity contribution < 1.29 is 68.1 Å². The average Bonchev–Trinajstić information content (AvgIpc) is 3.18. The number of aliphatic hydroxyl groups excluding tert-OH is 2. The van der Waals surface area contributed by atoms with Crippen LogP contribution in [0.25, 0.3) is 0 Å². The molecule has 0 saturated carbocycles. The van der Waals surface area contributed by atoms with Crippen LogP contribution >= 0.6 is 17.2 Å². The fraction of sp³-hybridized carbons (Fsp3) is 0.848. The summed E-state index contributed by atoms with van der Waals surface area (Å²) in [7, 11) is -5.24. The van der Waals surface area contributed by atoms with Gasteiger partial charge in [0.25, 0.3) is 0 Å². The summed E-state index contributed by atoms with van der Waals surface area (Å²) in [6, 6.07) is 4.00. The maximum atomic E-state index is 13.7. The van der Waals surface area contributed by atoms with Crippen molar-refractivity contribution in [3.63, 3.8) is 0 Å². The summed E-state index contributed by atoms with van der Waals surface area (Å²) < 4.78 is 32.1. The summed E-state index contributed by atoms with van der Waals surface area (Å²) in [5.41, 5.74) is 0.882. The fourth-order valence-electron chi connectivity index (χ4n) is 7.66. The highest BCUT2D eigenvalue weighted by Gasteiger charge is 2.55. The largest absolute Gasteiger partial charge is 0.462 e. The van der Waals surface area contributed by atoms with E-state index in [-0.39, 0.29) is 30.0 Å². The van der Waals surface area contributed by atoms with Crippen molar-refractivity contribution in [2.75, 3.05) is 39.6 Å². The molecule has 2 atom stereocenters. The highest BCUT2D eigenvalue weighted by atomic mass is 31.2. The van der Waals surface area contributed by atoms with Crippen molar-refractivity contribution in [3.8, 4) is 0 Å². The number of esters is 1. The minimum Gasteiger partial charge on any atom is -0.462 e. The van der Waals surface area contributed by atoms with Gasteiger partial charge in [-0.2, -0.15) is 0 Å². The number of carbonyl (C=O) groups is 1. The number of rotatable bonds is 21. The Hall–Kier alpha value is -0.930. The van der Waals surface area contributed by atoms with Crippen molar-refractivity contribution in [2.45, 2.75) is 196 Å². The molecule has 2 heterocycles. The maximum absolute atomic E-state index is 13.7. The normalized spacial score (nSPS) is 21.1. The summed E-state index contributed by atoms with van der Waals surface area (Å²) in [6.07, 6.45) is 16.2. The van der Waals surface area contributed by atoms with Crippen LogP contribution in [0.3, 0.4) is 0 Å². The third-order valence-electron chi connectivity index (χ3n) is 11.5. The van der Waals surface area contributed by atoms with Gasteiger partial charge in [-0.1, -0.05) is 160 Å². The van der Waals surface area contributed by atoms with Crippen LogP contribution in [-0.4, -0.2) is 97.8 Å². The van der Waals surface area contributed by atoms with Crippen LogP contribution in [0.4, 0.5) is 0 Å². The molecule has 364 valence electrons. The van der Waals surface area contributed by atoms with E-state index in [1.807, 2.05) is 39.8 Å². The third kappa shape index (κ3) is 20.7. The van der Waals surface area contributed by atoms with E-state index in [1.165, 1.54) is 77.0 Å². The van der Waals surface area contributed by atoms with Gasteiger partial charge in [0.1, 0.15) is 0 Å². The molecule has 3 rings (SSSR count). The van der Waals surface area contributed by atoms with Crippen molar-refractivity contribution in [3.05, 3.63) is 34.4 Å². The lowest BCUT2D eigenvalue weighted by Crippen LogP contribution is -2.58. The molecule has 0 bridgehead atoms. The lowest BCUT2D eigenvalue weighted by molar-refractivity contribution is -0.362. The van der Waals surface area contributed by atoms with Gasteiger partial charge < -0.3 is 63.3 Å². The molecule has 0 amide bonds. The van der Waals surface area contributed by atoms with Crippen LogP contribution in [0.1, 0.15) is 199 Å². The molecule has 14 nitrogen and oxygen atoms in total. The highest BCUT2D eigenvalue weighted by molar-refractivity contribution is 7.38. The molecule has 0 radical (unpaired) electrons. The Bertz CT molecular complexity index is 1330. The van der Waals surface area contributed by atoms with Gasteiger partial charge in [0.05, 0.1) is 56.7 Å². The number of aliphatic hydroxyl groups is 2. The number of ether oxygens (including phenoxy) is 5. The Labute approximate surface area is 376 Å². The van der Waals surface area contributed by atoms with E-state index in [1.54, 1.807) is 0 Å². The van der Waals surface area contributed by atoms with Gasteiger partial charge in [0, 0.05) is 10.8 Å². The zero-order valence-corrected chi connectivity index (χ0v) is 41.7. The van der Waals surface area contributed by atoms with Gasteiger partial charge in [-0.05, 0) is 46.1 Å². The maximum Gasteiger partial charge on any atom is 0.338 e. The lowest BCUT2D eigenvalue weighted by atomic mass is 9.68. The molecule has 1 aromatic rings. The van der Waals surface area contributed by atoms with Crippen LogP contribution < -0.4 is 0 Å². The molecule has 2 unspecified atom stereocenters. The number of carbonyl (C=O) groups excluding carboxylic acids is 1. The SMILES string of the molecule is CCCCCCCCCCCCCCCCOC(=O)c1cc(C(C)(C)C)c(C2OC(C(C)(C)CO)OCC23COC(C(C)(C)CO)OC3)c(C(C)(C)C)c1.OP(O)O.OP(O)O. The number of unbranched alkanes of at least 4 members (excludes halogenated alkanes) is 13. The minimum atomic E-state index is -2.62. The summed E-state index contributed by atoms with van der Waals surface area (Å²) in [4.78, 5) is 57.1. The van der Waals surface area contributed by atoms with Crippen LogP contribution in [0.15, 0.2) is 12.1 Å². The van der Waals surface area contributed by atoms with E-state index in [0.717, 1.165) is 29.5 Å². The first-order valence-corrected chi connectivity index (χ1v) is 25.0. The van der Waals surface area contributed by atoms with Crippen molar-refractivity contribution in [1.82, 2.24) is 0 Å². The van der Waals surface area contributed by atoms with Crippen LogP contribution in [0.2, 0.25) is 0 Å². The van der Waals surface area contributed by atoms with Crippen molar-refractivity contribution in [2.24, 2.45) is 16.2 Å². The molecule has 2 fully saturated rings. The smallest absolute Gasteiger partial charge is 0.338 e. The Balaban J connectivity index is 0.00000220. The number of hydrogen-bond donors (Lipinski definition) is 8. The minimum absolute atomic E-state index is 0.0762. The summed E-state index contributed by atoms with van der Waals surface area (Å²) in [5, 5.41) is 20.4. The van der Waals surface area contributed by atoms with Crippen molar-refractivity contribution >= 4 is 23.2 Å². The van der Waals surface area contributed by atoms with E-state index < -0.39 is 52.1 Å². The number of benzene rings is 1. The van der Waals surface area contributed by atoms with Gasteiger partial charge in [0.15, 0.2) is 12.6 Å².